The van der Waals surface area contributed by atoms with Gasteiger partial charge in [-0.2, -0.15) is 5.10 Å². The van der Waals surface area contributed by atoms with Crippen molar-refractivity contribution in [1.82, 2.24) is 19.8 Å². The van der Waals surface area contributed by atoms with Gasteiger partial charge in [0.25, 0.3) is 0 Å². The van der Waals surface area contributed by atoms with Gasteiger partial charge in [-0.15, -0.1) is 0 Å². The number of likely N-dealkylation sites (tertiary alicyclic amines) is 1. The third-order valence-electron chi connectivity index (χ3n) is 4.00. The lowest BCUT2D eigenvalue weighted by atomic mass is 10.0. The van der Waals surface area contributed by atoms with Crippen LogP contribution in [0.25, 0.3) is 0 Å². The molecule has 0 unspecified atom stereocenters. The highest BCUT2D eigenvalue weighted by atomic mass is 16.5. The number of amides is 1. The molecule has 3 rings (SSSR count). The number of nitrogens with zero attached hydrogens (tertiary/aromatic N) is 4. The van der Waals surface area contributed by atoms with E-state index in [0.717, 1.165) is 25.1 Å². The summed E-state index contributed by atoms with van der Waals surface area (Å²) in [4.78, 5) is 14.5. The molecule has 118 valence electrons. The smallest absolute Gasteiger partial charge is 0.242 e. The summed E-state index contributed by atoms with van der Waals surface area (Å²) < 4.78 is 6.95. The monoisotopic (exact) mass is 303 g/mol. The molecular formula is C15H21N5O2. The number of rotatable bonds is 5. The maximum absolute atomic E-state index is 12.4. The van der Waals surface area contributed by atoms with Crippen LogP contribution in [0.5, 0.6) is 0 Å². The van der Waals surface area contributed by atoms with Gasteiger partial charge in [0.05, 0.1) is 18.3 Å². The summed E-state index contributed by atoms with van der Waals surface area (Å²) in [6.07, 6.45) is 4.66. The summed E-state index contributed by atoms with van der Waals surface area (Å²) in [5.41, 5.74) is 1.16. The second kappa shape index (κ2) is 5.92. The van der Waals surface area contributed by atoms with Crippen LogP contribution in [0.1, 0.15) is 30.7 Å². The summed E-state index contributed by atoms with van der Waals surface area (Å²) in [7, 11) is 0. The Hall–Kier alpha value is -2.15. The number of nitrogens with one attached hydrogen (secondary N) is 1. The molecule has 22 heavy (non-hydrogen) atoms. The van der Waals surface area contributed by atoms with E-state index < -0.39 is 0 Å². The van der Waals surface area contributed by atoms with E-state index in [0.29, 0.717) is 17.6 Å². The van der Waals surface area contributed by atoms with Crippen LogP contribution >= 0.6 is 0 Å². The summed E-state index contributed by atoms with van der Waals surface area (Å²) in [5, 5.41) is 11.0. The Morgan fingerprint density at radius 2 is 2.27 bits per heavy atom. The molecule has 7 heteroatoms. The van der Waals surface area contributed by atoms with Crippen molar-refractivity contribution in [3.8, 4) is 0 Å². The molecule has 1 fully saturated rings. The highest BCUT2D eigenvalue weighted by molar-refractivity contribution is 5.94. The number of carbonyl (C=O) groups excluding carboxylic acids is 1. The fourth-order valence-corrected chi connectivity index (χ4v) is 2.79. The van der Waals surface area contributed by atoms with Crippen molar-refractivity contribution in [2.75, 3.05) is 18.4 Å². The van der Waals surface area contributed by atoms with Gasteiger partial charge < -0.3 is 9.84 Å². The largest absolute Gasteiger partial charge is 0.360 e. The van der Waals surface area contributed by atoms with E-state index in [1.807, 2.05) is 30.9 Å². The molecule has 0 radical (unpaired) electrons. The van der Waals surface area contributed by atoms with Crippen molar-refractivity contribution in [1.29, 1.82) is 0 Å². The molecule has 3 heterocycles. The quantitative estimate of drug-likeness (QED) is 0.911. The number of carbonyl (C=O) groups is 1. The molecule has 2 aromatic rings. The number of hydrogen-bond acceptors (Lipinski definition) is 5. The molecule has 1 aliphatic heterocycles. The van der Waals surface area contributed by atoms with Crippen molar-refractivity contribution in [2.45, 2.75) is 39.3 Å². The topological polar surface area (TPSA) is 76.2 Å². The van der Waals surface area contributed by atoms with Gasteiger partial charge in [-0.1, -0.05) is 12.1 Å². The lowest BCUT2D eigenvalue weighted by Gasteiger charge is -2.43. The van der Waals surface area contributed by atoms with Crippen LogP contribution in [0, 0.1) is 13.8 Å². The molecule has 0 saturated carbocycles. The van der Waals surface area contributed by atoms with Crippen molar-refractivity contribution in [2.24, 2.45) is 0 Å². The third-order valence-corrected chi connectivity index (χ3v) is 4.00. The van der Waals surface area contributed by atoms with Crippen LogP contribution in [0.2, 0.25) is 0 Å². The Labute approximate surface area is 129 Å². The van der Waals surface area contributed by atoms with Gasteiger partial charge in [-0.3, -0.25) is 14.4 Å². The van der Waals surface area contributed by atoms with Crippen LogP contribution < -0.4 is 5.32 Å². The second-order valence-electron chi connectivity index (χ2n) is 5.84. The van der Waals surface area contributed by atoms with Crippen LogP contribution in [0.15, 0.2) is 23.0 Å². The van der Waals surface area contributed by atoms with E-state index in [2.05, 4.69) is 20.5 Å². The summed E-state index contributed by atoms with van der Waals surface area (Å²) in [6.45, 7) is 7.52. The van der Waals surface area contributed by atoms with Crippen molar-refractivity contribution in [3.63, 3.8) is 0 Å². The molecule has 1 N–H and O–H groups in total. The minimum absolute atomic E-state index is 0.0362. The zero-order valence-corrected chi connectivity index (χ0v) is 13.1. The van der Waals surface area contributed by atoms with E-state index in [1.54, 1.807) is 13.0 Å². The molecule has 1 saturated heterocycles. The minimum atomic E-state index is -0.148. The third kappa shape index (κ3) is 2.89. The van der Waals surface area contributed by atoms with Crippen molar-refractivity contribution < 1.29 is 9.32 Å². The molecule has 1 amide bonds. The van der Waals surface area contributed by atoms with Crippen LogP contribution in [0.3, 0.4) is 0 Å². The van der Waals surface area contributed by atoms with Gasteiger partial charge in [0.15, 0.2) is 5.82 Å². The molecule has 1 aliphatic rings. The number of aromatic nitrogens is 3. The van der Waals surface area contributed by atoms with Gasteiger partial charge in [0.1, 0.15) is 5.76 Å². The summed E-state index contributed by atoms with van der Waals surface area (Å²) in [5.74, 6) is 1.12. The fraction of sp³-hybridized carbons (Fsp3) is 0.533. The zero-order chi connectivity index (χ0) is 15.7. The Balaban J connectivity index is 1.57. The number of aryl methyl sites for hydroxylation is 2. The minimum Gasteiger partial charge on any atom is -0.360 e. The van der Waals surface area contributed by atoms with E-state index in [4.69, 9.17) is 4.52 Å². The second-order valence-corrected chi connectivity index (χ2v) is 5.84. The Bertz CT molecular complexity index is 656. The number of hydrogen-bond donors (Lipinski definition) is 1. The summed E-state index contributed by atoms with van der Waals surface area (Å²) in [6, 6.07) is 1.92. The average Bonchev–Trinajstić information content (AvgIpc) is 3.02. The Morgan fingerprint density at radius 1 is 1.50 bits per heavy atom. The lowest BCUT2D eigenvalue weighted by Crippen LogP contribution is -2.56. The van der Waals surface area contributed by atoms with Gasteiger partial charge in [-0.05, 0) is 25.8 Å². The van der Waals surface area contributed by atoms with Gasteiger partial charge >= 0.3 is 0 Å². The molecule has 1 atom stereocenters. The lowest BCUT2D eigenvalue weighted by molar-refractivity contribution is -0.124. The fourth-order valence-electron chi connectivity index (χ4n) is 2.79. The first kappa shape index (κ1) is 14.8. The first-order chi connectivity index (χ1) is 10.6. The Morgan fingerprint density at radius 3 is 2.82 bits per heavy atom. The van der Waals surface area contributed by atoms with E-state index in [9.17, 15) is 4.79 Å². The van der Waals surface area contributed by atoms with Crippen LogP contribution in [-0.4, -0.2) is 44.9 Å². The number of anilines is 1. The van der Waals surface area contributed by atoms with E-state index in [-0.39, 0.29) is 11.9 Å². The van der Waals surface area contributed by atoms with Crippen molar-refractivity contribution in [3.05, 3.63) is 29.8 Å². The Kier molecular flexibility index (Phi) is 3.98. The van der Waals surface area contributed by atoms with Crippen LogP contribution in [-0.2, 0) is 4.79 Å². The summed E-state index contributed by atoms with van der Waals surface area (Å²) >= 11 is 0. The van der Waals surface area contributed by atoms with E-state index in [1.165, 1.54) is 0 Å². The van der Waals surface area contributed by atoms with Crippen molar-refractivity contribution >= 4 is 11.7 Å². The maximum Gasteiger partial charge on any atom is 0.242 e. The molecule has 2 aromatic heterocycles. The molecular weight excluding hydrogens is 282 g/mol. The zero-order valence-electron chi connectivity index (χ0n) is 13.1. The van der Waals surface area contributed by atoms with Gasteiger partial charge in [0, 0.05) is 25.4 Å². The predicted octanol–water partition coefficient (Wildman–Crippen LogP) is 1.76. The molecule has 0 spiro atoms. The normalized spacial score (nSPS) is 17.2. The standard InChI is InChI=1S/C15H21N5O2/c1-4-13(15(21)17-14-5-11(3)22-18-14)19-8-12(9-19)20-7-10(2)6-16-20/h5-7,12-13H,4,8-9H2,1-3H3,(H,17,18,21)/t13-/m1/s1. The first-order valence-corrected chi connectivity index (χ1v) is 7.55. The molecule has 7 nitrogen and oxygen atoms in total. The highest BCUT2D eigenvalue weighted by Crippen LogP contribution is 2.25. The molecule has 0 bridgehead atoms. The maximum atomic E-state index is 12.4. The van der Waals surface area contributed by atoms with Gasteiger partial charge in [-0.25, -0.2) is 0 Å². The van der Waals surface area contributed by atoms with Gasteiger partial charge in [0.2, 0.25) is 5.91 Å². The van der Waals surface area contributed by atoms with Crippen LogP contribution in [0.4, 0.5) is 5.82 Å². The highest BCUT2D eigenvalue weighted by Gasteiger charge is 2.36. The first-order valence-electron chi connectivity index (χ1n) is 7.55. The predicted molar refractivity (Wildman–Crippen MR) is 81.5 cm³/mol. The van der Waals surface area contributed by atoms with E-state index >= 15 is 0 Å². The molecule has 0 aliphatic carbocycles. The SMILES string of the molecule is CC[C@H](C(=O)Nc1cc(C)on1)N1CC(n2cc(C)cn2)C1. The molecule has 0 aromatic carbocycles. The average molecular weight is 303 g/mol.